The third-order valence-corrected chi connectivity index (χ3v) is 5.26. The second kappa shape index (κ2) is 7.31. The number of aliphatic imine (C=N–C) groups is 1. The molecule has 0 aliphatic carbocycles. The average molecular weight is 480 g/mol. The third-order valence-electron chi connectivity index (χ3n) is 4.77. The Morgan fingerprint density at radius 3 is 2.73 bits per heavy atom. The number of anilines is 1. The zero-order valence-electron chi connectivity index (χ0n) is 15.4. The summed E-state index contributed by atoms with van der Waals surface area (Å²) < 4.78 is 44.7. The van der Waals surface area contributed by atoms with Crippen LogP contribution in [-0.4, -0.2) is 35.3 Å². The number of nitrogens with zero attached hydrogens (tertiary/aromatic N) is 3. The smallest absolute Gasteiger partial charge is 0.387 e. The lowest BCUT2D eigenvalue weighted by Gasteiger charge is -2.25. The highest BCUT2D eigenvalue weighted by Crippen LogP contribution is 2.41. The number of alkyl halides is 2. The van der Waals surface area contributed by atoms with Gasteiger partial charge in [0.2, 0.25) is 5.95 Å². The van der Waals surface area contributed by atoms with E-state index in [0.717, 1.165) is 6.42 Å². The molecule has 1 atom stereocenters. The molecule has 0 saturated heterocycles. The number of hydrogen-bond donors (Lipinski definition) is 2. The summed E-state index contributed by atoms with van der Waals surface area (Å²) in [5.41, 5.74) is 7.69. The first kappa shape index (κ1) is 18.9. The second-order valence-corrected chi connectivity index (χ2v) is 7.63. The number of benzene rings is 2. The van der Waals surface area contributed by atoms with E-state index in [1.807, 2.05) is 6.07 Å². The molecule has 2 aromatic carbocycles. The number of rotatable bonds is 3. The number of nitrogens with one attached hydrogen (secondary N) is 1. The van der Waals surface area contributed by atoms with Crippen LogP contribution in [-0.2, 0) is 0 Å². The fourth-order valence-corrected chi connectivity index (χ4v) is 3.94. The summed E-state index contributed by atoms with van der Waals surface area (Å²) >= 11 is 3.38. The molecule has 0 saturated carbocycles. The van der Waals surface area contributed by atoms with Crippen molar-refractivity contribution in [2.75, 3.05) is 18.5 Å². The van der Waals surface area contributed by atoms with Crippen molar-refractivity contribution in [3.63, 3.8) is 0 Å². The normalized spacial score (nSPS) is 17.9. The van der Waals surface area contributed by atoms with Crippen LogP contribution >= 0.6 is 15.9 Å². The van der Waals surface area contributed by atoms with Crippen molar-refractivity contribution in [2.45, 2.75) is 19.2 Å². The summed E-state index contributed by atoms with van der Waals surface area (Å²) in [7, 11) is 0. The number of hydrogen-bond acceptors (Lipinski definition) is 7. The van der Waals surface area contributed by atoms with Crippen molar-refractivity contribution < 1.29 is 23.0 Å². The van der Waals surface area contributed by atoms with E-state index < -0.39 is 12.8 Å². The highest BCUT2D eigenvalue weighted by Gasteiger charge is 2.29. The molecule has 2 aliphatic rings. The van der Waals surface area contributed by atoms with E-state index in [9.17, 15) is 8.78 Å². The number of imidazole rings is 1. The van der Waals surface area contributed by atoms with Gasteiger partial charge in [-0.15, -0.1) is 0 Å². The van der Waals surface area contributed by atoms with Crippen LogP contribution in [0, 0.1) is 0 Å². The number of ether oxygens (including phenoxy) is 3. The molecule has 0 fully saturated rings. The van der Waals surface area contributed by atoms with Crippen LogP contribution in [0.2, 0.25) is 0 Å². The molecular formula is C19H16BrF2N5O3. The van der Waals surface area contributed by atoms with Crippen molar-refractivity contribution in [2.24, 2.45) is 10.7 Å². The van der Waals surface area contributed by atoms with Gasteiger partial charge in [-0.25, -0.2) is 9.98 Å². The van der Waals surface area contributed by atoms with Gasteiger partial charge in [0.05, 0.1) is 24.2 Å². The van der Waals surface area contributed by atoms with E-state index in [1.54, 1.807) is 22.8 Å². The van der Waals surface area contributed by atoms with Gasteiger partial charge in [0, 0.05) is 28.6 Å². The van der Waals surface area contributed by atoms with Gasteiger partial charge in [0.15, 0.2) is 23.6 Å². The van der Waals surface area contributed by atoms with Crippen LogP contribution < -0.4 is 25.3 Å². The maximum absolute atomic E-state index is 13.0. The van der Waals surface area contributed by atoms with Gasteiger partial charge in [-0.05, 0) is 18.2 Å². The van der Waals surface area contributed by atoms with Crippen LogP contribution in [0.4, 0.5) is 14.7 Å². The maximum atomic E-state index is 13.0. The molecule has 5 rings (SSSR count). The number of fused-ring (bicyclic) bond motifs is 4. The highest BCUT2D eigenvalue weighted by atomic mass is 79.9. The minimum absolute atomic E-state index is 0.00112. The lowest BCUT2D eigenvalue weighted by Crippen LogP contribution is -2.31. The Kier molecular flexibility index (Phi) is 4.61. The summed E-state index contributed by atoms with van der Waals surface area (Å²) in [6.45, 7) is -1.90. The maximum Gasteiger partial charge on any atom is 0.387 e. The molecule has 30 heavy (non-hydrogen) atoms. The molecule has 11 heteroatoms. The van der Waals surface area contributed by atoms with Gasteiger partial charge in [-0.3, -0.25) is 9.88 Å². The van der Waals surface area contributed by atoms with Crippen LogP contribution in [0.3, 0.4) is 0 Å². The Balaban J connectivity index is 1.71. The highest BCUT2D eigenvalue weighted by molar-refractivity contribution is 9.10. The van der Waals surface area contributed by atoms with E-state index >= 15 is 0 Å². The lowest BCUT2D eigenvalue weighted by molar-refractivity contribution is -0.0506. The Hall–Kier alpha value is -3.08. The quantitative estimate of drug-likeness (QED) is 0.592. The summed E-state index contributed by atoms with van der Waals surface area (Å²) in [6.07, 6.45) is -0.00292. The SMILES string of the molecule is NC1=N[C@@H](c2cc(Br)ccc2OC(F)F)n2c(nc3cc4c(cc32)OCCCO4)N1. The number of halogens is 3. The van der Waals surface area contributed by atoms with Gasteiger partial charge in [0.1, 0.15) is 5.75 Å². The predicted octanol–water partition coefficient (Wildman–Crippen LogP) is 3.85. The molecule has 3 aromatic rings. The van der Waals surface area contributed by atoms with E-state index in [4.69, 9.17) is 19.9 Å². The number of nitrogens with two attached hydrogens (primary N) is 1. The molecule has 8 nitrogen and oxygen atoms in total. The van der Waals surface area contributed by atoms with Gasteiger partial charge < -0.3 is 19.9 Å². The standard InChI is InChI=1S/C19H16BrF2N5O3/c20-9-2-3-13(30-17(21)22)10(6-9)16-25-18(23)26-19-24-11-7-14-15(8-12(11)27(16)19)29-5-1-4-28-14/h2-3,6-8,16-17H,1,4-5H2,(H3,23,24,25,26)/t16-/m1/s1. The van der Waals surface area contributed by atoms with Crippen LogP contribution in [0.15, 0.2) is 39.8 Å². The Morgan fingerprint density at radius 2 is 1.97 bits per heavy atom. The third kappa shape index (κ3) is 3.28. The van der Waals surface area contributed by atoms with Crippen molar-refractivity contribution in [1.29, 1.82) is 0 Å². The van der Waals surface area contributed by atoms with Gasteiger partial charge >= 0.3 is 6.61 Å². The van der Waals surface area contributed by atoms with Crippen LogP contribution in [0.1, 0.15) is 18.2 Å². The Bertz CT molecular complexity index is 1170. The van der Waals surface area contributed by atoms with Crippen molar-refractivity contribution in [3.05, 3.63) is 40.4 Å². The first-order chi connectivity index (χ1) is 14.5. The molecule has 0 spiro atoms. The van der Waals surface area contributed by atoms with Gasteiger partial charge in [0.25, 0.3) is 0 Å². The summed E-state index contributed by atoms with van der Waals surface area (Å²) in [4.78, 5) is 9.03. The molecule has 0 radical (unpaired) electrons. The first-order valence-corrected chi connectivity index (χ1v) is 9.95. The predicted molar refractivity (Wildman–Crippen MR) is 109 cm³/mol. The van der Waals surface area contributed by atoms with E-state index in [1.165, 1.54) is 6.07 Å². The number of guanidine groups is 1. The molecule has 0 unspecified atom stereocenters. The zero-order valence-corrected chi connectivity index (χ0v) is 17.0. The Morgan fingerprint density at radius 1 is 1.20 bits per heavy atom. The van der Waals surface area contributed by atoms with E-state index in [-0.39, 0.29) is 11.7 Å². The molecule has 1 aromatic heterocycles. The topological polar surface area (TPSA) is 95.9 Å². The minimum Gasteiger partial charge on any atom is -0.489 e. The zero-order chi connectivity index (χ0) is 20.8. The second-order valence-electron chi connectivity index (χ2n) is 6.72. The summed E-state index contributed by atoms with van der Waals surface area (Å²) in [5, 5.41) is 2.92. The molecule has 3 heterocycles. The number of aromatic nitrogens is 2. The van der Waals surface area contributed by atoms with E-state index in [2.05, 4.69) is 31.2 Å². The molecule has 0 amide bonds. The monoisotopic (exact) mass is 479 g/mol. The summed E-state index contributed by atoms with van der Waals surface area (Å²) in [6, 6.07) is 8.34. The fraction of sp³-hybridized carbons (Fsp3) is 0.263. The van der Waals surface area contributed by atoms with E-state index in [0.29, 0.717) is 51.7 Å². The van der Waals surface area contributed by atoms with Gasteiger partial charge in [-0.2, -0.15) is 8.78 Å². The first-order valence-electron chi connectivity index (χ1n) is 9.16. The van der Waals surface area contributed by atoms with Crippen molar-refractivity contribution in [3.8, 4) is 17.2 Å². The van der Waals surface area contributed by atoms with Crippen LogP contribution in [0.5, 0.6) is 17.2 Å². The molecule has 156 valence electrons. The molecule has 0 bridgehead atoms. The Labute approximate surface area is 177 Å². The van der Waals surface area contributed by atoms with Crippen molar-refractivity contribution >= 4 is 38.9 Å². The van der Waals surface area contributed by atoms with Crippen LogP contribution in [0.25, 0.3) is 11.0 Å². The average Bonchev–Trinajstić information content (AvgIpc) is 2.88. The fourth-order valence-electron chi connectivity index (χ4n) is 3.56. The van der Waals surface area contributed by atoms with Crippen molar-refractivity contribution in [1.82, 2.24) is 9.55 Å². The summed E-state index contributed by atoms with van der Waals surface area (Å²) in [5.74, 6) is 1.72. The largest absolute Gasteiger partial charge is 0.489 e. The molecular weight excluding hydrogens is 464 g/mol. The van der Waals surface area contributed by atoms with Gasteiger partial charge in [-0.1, -0.05) is 15.9 Å². The molecule has 2 aliphatic heterocycles. The lowest BCUT2D eigenvalue weighted by atomic mass is 10.1. The molecule has 3 N–H and O–H groups in total. The minimum atomic E-state index is -2.98.